The van der Waals surface area contributed by atoms with Crippen LogP contribution >= 0.6 is 0 Å². The van der Waals surface area contributed by atoms with Gasteiger partial charge < -0.3 is 4.90 Å². The van der Waals surface area contributed by atoms with Gasteiger partial charge in [0.05, 0.1) is 16.2 Å². The summed E-state index contributed by atoms with van der Waals surface area (Å²) in [5.74, 6) is -0.578. The number of fused-ring (bicyclic) bond motifs is 1. The zero-order valence-electron chi connectivity index (χ0n) is 20.4. The summed E-state index contributed by atoms with van der Waals surface area (Å²) >= 11 is 0. The number of benzene rings is 1. The molecule has 5 rings (SSSR count). The van der Waals surface area contributed by atoms with Crippen LogP contribution in [-0.4, -0.2) is 63.9 Å². The number of nitrogens with zero attached hydrogens (tertiary/aromatic N) is 7. The summed E-state index contributed by atoms with van der Waals surface area (Å²) in [5, 5.41) is 14.7. The van der Waals surface area contributed by atoms with Crippen molar-refractivity contribution in [3.05, 3.63) is 60.3 Å². The predicted molar refractivity (Wildman–Crippen MR) is 131 cm³/mol. The van der Waals surface area contributed by atoms with Crippen LogP contribution in [0.1, 0.15) is 18.4 Å². The van der Waals surface area contributed by atoms with Gasteiger partial charge >= 0.3 is 6.18 Å². The van der Waals surface area contributed by atoms with Gasteiger partial charge in [0.1, 0.15) is 11.5 Å². The lowest BCUT2D eigenvalue weighted by Crippen LogP contribution is -2.46. The first-order valence-electron chi connectivity index (χ1n) is 11.7. The predicted octanol–water partition coefficient (Wildman–Crippen LogP) is 3.87. The molecule has 4 heterocycles. The number of anilines is 1. The third-order valence-electron chi connectivity index (χ3n) is 6.81. The third kappa shape index (κ3) is 4.58. The highest BCUT2D eigenvalue weighted by molar-refractivity contribution is 7.89. The summed E-state index contributed by atoms with van der Waals surface area (Å²) in [6.45, 7) is 0.785. The molecule has 9 nitrogen and oxygen atoms in total. The number of aryl methyl sites for hydroxylation is 1. The zero-order chi connectivity index (χ0) is 27.2. The molecule has 0 radical (unpaired) electrons. The molecule has 0 aliphatic carbocycles. The molecule has 0 saturated carbocycles. The van der Waals surface area contributed by atoms with Crippen molar-refractivity contribution in [3.8, 4) is 11.4 Å². The summed E-state index contributed by atoms with van der Waals surface area (Å²) in [5.41, 5.74) is -0.0963. The molecule has 3 aromatic heterocycles. The first kappa shape index (κ1) is 26.0. The fourth-order valence-electron chi connectivity index (χ4n) is 4.75. The largest absolute Gasteiger partial charge is 0.417 e. The first-order chi connectivity index (χ1) is 18.0. The van der Waals surface area contributed by atoms with Crippen LogP contribution in [0, 0.1) is 5.82 Å². The maximum Gasteiger partial charge on any atom is 0.417 e. The van der Waals surface area contributed by atoms with Crippen molar-refractivity contribution in [2.24, 2.45) is 7.05 Å². The molecule has 0 amide bonds. The lowest BCUT2D eigenvalue weighted by Gasteiger charge is -2.37. The van der Waals surface area contributed by atoms with E-state index in [1.54, 1.807) is 30.3 Å². The molecule has 14 heteroatoms. The first-order valence-corrected chi connectivity index (χ1v) is 13.1. The van der Waals surface area contributed by atoms with Gasteiger partial charge in [-0.05, 0) is 43.2 Å². The molecule has 4 aromatic rings. The minimum absolute atomic E-state index is 0.205. The molecule has 1 aliphatic heterocycles. The molecule has 0 N–H and O–H groups in total. The monoisotopic (exact) mass is 549 g/mol. The standard InChI is InChI=1S/C24H23F4N7O2S/c1-33-20(6-10-30-33)22-17-5-9-29-14-18(17)23(32-31-22)35-11-7-16(8-12-35)34(2)38(36,37)21-4-3-15(25)13-19(21)24(26,27)28/h3-6,9-10,13-14,16H,7-8,11-12H2,1-2H3. The highest BCUT2D eigenvalue weighted by Crippen LogP contribution is 2.37. The molecule has 38 heavy (non-hydrogen) atoms. The normalized spacial score (nSPS) is 15.5. The van der Waals surface area contributed by atoms with E-state index in [9.17, 15) is 26.0 Å². The molecule has 1 fully saturated rings. The molecule has 0 bridgehead atoms. The number of aromatic nitrogens is 5. The van der Waals surface area contributed by atoms with Gasteiger partial charge in [-0.2, -0.15) is 22.6 Å². The molecule has 0 spiro atoms. The lowest BCUT2D eigenvalue weighted by molar-refractivity contribution is -0.140. The average Bonchev–Trinajstić information content (AvgIpc) is 3.32. The van der Waals surface area contributed by atoms with Crippen LogP contribution < -0.4 is 4.90 Å². The quantitative estimate of drug-likeness (QED) is 0.349. The van der Waals surface area contributed by atoms with E-state index in [0.29, 0.717) is 49.6 Å². The maximum atomic E-state index is 13.5. The van der Waals surface area contributed by atoms with Gasteiger partial charge in [0, 0.05) is 62.6 Å². The molecule has 1 aromatic carbocycles. The van der Waals surface area contributed by atoms with Crippen LogP contribution in [0.4, 0.5) is 23.4 Å². The van der Waals surface area contributed by atoms with Gasteiger partial charge in [0.15, 0.2) is 5.82 Å². The number of halogens is 4. The molecular weight excluding hydrogens is 526 g/mol. The molecule has 0 unspecified atom stereocenters. The average molecular weight is 550 g/mol. The molecular formula is C24H23F4N7O2S. The van der Waals surface area contributed by atoms with Crippen LogP contribution in [0.15, 0.2) is 53.8 Å². The SMILES string of the molecule is CN(C1CCN(c2nnc(-c3ccnn3C)c3ccncc23)CC1)S(=O)(=O)c1ccc(F)cc1C(F)(F)F. The highest BCUT2D eigenvalue weighted by atomic mass is 32.2. The fraction of sp³-hybridized carbons (Fsp3) is 0.333. The van der Waals surface area contributed by atoms with Crippen LogP contribution in [0.3, 0.4) is 0 Å². The summed E-state index contributed by atoms with van der Waals surface area (Å²) in [7, 11) is -1.49. The van der Waals surface area contributed by atoms with Crippen molar-refractivity contribution in [3.63, 3.8) is 0 Å². The Bertz CT molecular complexity index is 1600. The zero-order valence-corrected chi connectivity index (χ0v) is 21.2. The van der Waals surface area contributed by atoms with Crippen LogP contribution in [-0.2, 0) is 23.2 Å². The highest BCUT2D eigenvalue weighted by Gasteiger charge is 2.40. The van der Waals surface area contributed by atoms with Gasteiger partial charge in [-0.25, -0.2) is 12.8 Å². The Morgan fingerprint density at radius 1 is 1.03 bits per heavy atom. The Labute approximate surface area is 215 Å². The van der Waals surface area contributed by atoms with E-state index >= 15 is 0 Å². The van der Waals surface area contributed by atoms with E-state index < -0.39 is 38.5 Å². The van der Waals surface area contributed by atoms with Crippen molar-refractivity contribution in [1.82, 2.24) is 29.3 Å². The second kappa shape index (κ2) is 9.58. The smallest absolute Gasteiger partial charge is 0.354 e. The lowest BCUT2D eigenvalue weighted by atomic mass is 10.0. The van der Waals surface area contributed by atoms with E-state index in [0.717, 1.165) is 20.8 Å². The Hall–Kier alpha value is -3.65. The van der Waals surface area contributed by atoms with Crippen LogP contribution in [0.25, 0.3) is 22.2 Å². The van der Waals surface area contributed by atoms with E-state index in [1.807, 2.05) is 17.0 Å². The number of hydrogen-bond donors (Lipinski definition) is 0. The molecule has 1 aliphatic rings. The Morgan fingerprint density at radius 3 is 2.42 bits per heavy atom. The number of pyridine rings is 1. The van der Waals surface area contributed by atoms with Crippen molar-refractivity contribution in [2.75, 3.05) is 25.0 Å². The van der Waals surface area contributed by atoms with Gasteiger partial charge in [0.2, 0.25) is 10.0 Å². The summed E-state index contributed by atoms with van der Waals surface area (Å²) < 4.78 is 83.0. The Balaban J connectivity index is 1.39. The summed E-state index contributed by atoms with van der Waals surface area (Å²) in [6, 6.07) is 4.69. The van der Waals surface area contributed by atoms with Crippen molar-refractivity contribution >= 4 is 26.6 Å². The minimum atomic E-state index is -5.02. The van der Waals surface area contributed by atoms with Crippen LogP contribution in [0.5, 0.6) is 0 Å². The number of hydrogen-bond acceptors (Lipinski definition) is 7. The van der Waals surface area contributed by atoms with E-state index in [1.165, 1.54) is 7.05 Å². The summed E-state index contributed by atoms with van der Waals surface area (Å²) in [6.07, 6.45) is 0.664. The Kier molecular flexibility index (Phi) is 6.55. The molecule has 1 saturated heterocycles. The van der Waals surface area contributed by atoms with Crippen molar-refractivity contribution in [1.29, 1.82) is 0 Å². The summed E-state index contributed by atoms with van der Waals surface area (Å²) in [4.78, 5) is 5.22. The van der Waals surface area contributed by atoms with E-state index in [4.69, 9.17) is 0 Å². The number of sulfonamides is 1. The fourth-order valence-corrected chi connectivity index (χ4v) is 6.36. The Morgan fingerprint density at radius 2 is 1.76 bits per heavy atom. The van der Waals surface area contributed by atoms with Gasteiger partial charge in [-0.3, -0.25) is 9.67 Å². The van der Waals surface area contributed by atoms with E-state index in [-0.39, 0.29) is 6.07 Å². The topological polar surface area (TPSA) is 97.1 Å². The minimum Gasteiger partial charge on any atom is -0.354 e. The molecule has 0 atom stereocenters. The number of rotatable bonds is 5. The van der Waals surface area contributed by atoms with Crippen molar-refractivity contribution < 1.29 is 26.0 Å². The van der Waals surface area contributed by atoms with Gasteiger partial charge in [0.25, 0.3) is 0 Å². The van der Waals surface area contributed by atoms with Crippen molar-refractivity contribution in [2.45, 2.75) is 30.0 Å². The second-order valence-corrected chi connectivity index (χ2v) is 11.0. The second-order valence-electron chi connectivity index (χ2n) is 9.01. The van der Waals surface area contributed by atoms with Gasteiger partial charge in [-0.1, -0.05) is 0 Å². The number of piperidine rings is 1. The van der Waals surface area contributed by atoms with Crippen LogP contribution in [0.2, 0.25) is 0 Å². The van der Waals surface area contributed by atoms with E-state index in [2.05, 4.69) is 20.3 Å². The maximum absolute atomic E-state index is 13.5. The molecule has 200 valence electrons. The third-order valence-corrected chi connectivity index (χ3v) is 8.78. The number of alkyl halides is 3. The van der Waals surface area contributed by atoms with Gasteiger partial charge in [-0.15, -0.1) is 10.2 Å².